The molecule has 2 N–H and O–H groups in total. The quantitative estimate of drug-likeness (QED) is 0.284. The van der Waals surface area contributed by atoms with E-state index in [9.17, 15) is 13.6 Å². The number of carbonyl (C=O) groups excluding carboxylic acids is 1. The van der Waals surface area contributed by atoms with Gasteiger partial charge < -0.3 is 0 Å². The number of amides is 1. The second kappa shape index (κ2) is 12.8. The summed E-state index contributed by atoms with van der Waals surface area (Å²) in [5.41, 5.74) is 2.70. The maximum absolute atomic E-state index is 14.1. The van der Waals surface area contributed by atoms with E-state index in [1.807, 2.05) is 6.07 Å². The van der Waals surface area contributed by atoms with Gasteiger partial charge in [-0.05, 0) is 6.07 Å². The molecule has 3 aromatic carbocycles. The number of fused-ring (bicyclic) bond motifs is 1. The predicted octanol–water partition coefficient (Wildman–Crippen LogP) is 4.08. The van der Waals surface area contributed by atoms with Gasteiger partial charge in [0, 0.05) is 0 Å². The van der Waals surface area contributed by atoms with Gasteiger partial charge in [-0.1, -0.05) is 6.07 Å². The molecule has 220 valence electrons. The van der Waals surface area contributed by atoms with Crippen molar-refractivity contribution in [3.63, 3.8) is 0 Å². The number of aromatic nitrogens is 2. The molecule has 0 saturated carbocycles. The Labute approximate surface area is 250 Å². The topological polar surface area (TPSA) is 82.7 Å². The summed E-state index contributed by atoms with van der Waals surface area (Å²) in [6.07, 6.45) is 2.07. The molecule has 6 rings (SSSR count). The van der Waals surface area contributed by atoms with Crippen LogP contribution in [0.3, 0.4) is 0 Å². The fourth-order valence-corrected chi connectivity index (χ4v) is 8.59. The minimum atomic E-state index is -0.923. The van der Waals surface area contributed by atoms with Gasteiger partial charge in [0.15, 0.2) is 5.82 Å². The van der Waals surface area contributed by atoms with Crippen LogP contribution in [0.4, 0.5) is 20.3 Å². The van der Waals surface area contributed by atoms with Crippen LogP contribution in [0.15, 0.2) is 54.6 Å². The first-order valence-corrected chi connectivity index (χ1v) is 16.5. The van der Waals surface area contributed by atoms with Crippen molar-refractivity contribution in [3.05, 3.63) is 77.4 Å². The van der Waals surface area contributed by atoms with Gasteiger partial charge in [0.2, 0.25) is 0 Å². The van der Waals surface area contributed by atoms with Crippen LogP contribution in [0, 0.1) is 11.6 Å². The van der Waals surface area contributed by atoms with Crippen molar-refractivity contribution in [2.24, 2.45) is 0 Å². The number of anilines is 2. The van der Waals surface area contributed by atoms with Gasteiger partial charge in [-0.25, -0.2) is 8.78 Å². The molecule has 2 aliphatic heterocycles. The average molecular weight is 638 g/mol. The van der Waals surface area contributed by atoms with Gasteiger partial charge in [-0.15, -0.1) is 0 Å². The van der Waals surface area contributed by atoms with Crippen LogP contribution < -0.4 is 19.3 Å². The molecular formula is C31H34AsF2N5O3. The number of hydrogen-bond acceptors (Lipinski definition) is 6. The predicted molar refractivity (Wildman–Crippen MR) is 161 cm³/mol. The van der Waals surface area contributed by atoms with Crippen molar-refractivity contribution >= 4 is 48.4 Å². The van der Waals surface area contributed by atoms with E-state index in [0.29, 0.717) is 27.2 Å². The molecule has 1 atom stereocenters. The van der Waals surface area contributed by atoms with E-state index in [1.54, 1.807) is 18.2 Å². The van der Waals surface area contributed by atoms with Crippen molar-refractivity contribution in [2.45, 2.75) is 24.2 Å². The monoisotopic (exact) mass is 637 g/mol. The minimum absolute atomic E-state index is 0.122. The molecule has 0 aliphatic carbocycles. The number of halogens is 2. The second-order valence-corrected chi connectivity index (χ2v) is 14.2. The maximum atomic E-state index is 14.1. The average Bonchev–Trinajstić information content (AvgIpc) is 3.40. The first-order chi connectivity index (χ1) is 20.4. The summed E-state index contributed by atoms with van der Waals surface area (Å²) in [7, 11) is 2.14. The summed E-state index contributed by atoms with van der Waals surface area (Å²) >= 11 is -0.587. The number of aromatic amines is 1. The number of nitrogens with one attached hydrogen (secondary N) is 2. The molecule has 0 bridgehead atoms. The van der Waals surface area contributed by atoms with Crippen LogP contribution in [0.5, 0.6) is 5.75 Å². The molecule has 1 aromatic heterocycles. The van der Waals surface area contributed by atoms with Crippen molar-refractivity contribution in [2.75, 3.05) is 56.7 Å². The van der Waals surface area contributed by atoms with E-state index in [1.165, 1.54) is 17.8 Å². The number of rotatable bonds is 8. The van der Waals surface area contributed by atoms with Gasteiger partial charge in [-0.3, -0.25) is 0 Å². The van der Waals surface area contributed by atoms with Gasteiger partial charge in [0.1, 0.15) is 0 Å². The molecule has 2 saturated heterocycles. The Bertz CT molecular complexity index is 1570. The number of piperazine rings is 1. The van der Waals surface area contributed by atoms with E-state index >= 15 is 0 Å². The van der Waals surface area contributed by atoms with Gasteiger partial charge in [-0.2, -0.15) is 0 Å². The first-order valence-electron chi connectivity index (χ1n) is 14.2. The summed E-state index contributed by atoms with van der Waals surface area (Å²) in [5, 5.41) is 11.0. The normalized spacial score (nSPS) is 16.9. The van der Waals surface area contributed by atoms with Crippen molar-refractivity contribution in [1.82, 2.24) is 15.1 Å². The third-order valence-corrected chi connectivity index (χ3v) is 11.5. The van der Waals surface area contributed by atoms with E-state index in [-0.39, 0.29) is 18.1 Å². The fraction of sp³-hybridized carbons (Fsp3) is 0.355. The van der Waals surface area contributed by atoms with Crippen LogP contribution in [-0.4, -0.2) is 83.2 Å². The van der Waals surface area contributed by atoms with Crippen LogP contribution in [0.2, 0.25) is 4.71 Å². The fourth-order valence-electron chi connectivity index (χ4n) is 5.35. The summed E-state index contributed by atoms with van der Waals surface area (Å²) in [5.74, 6) is -1.20. The Morgan fingerprint density at radius 3 is 2.71 bits per heavy atom. The van der Waals surface area contributed by atoms with Gasteiger partial charge >= 0.3 is 224 Å². The molecule has 0 radical (unpaired) electrons. The number of nitrogens with zero attached hydrogens (tertiary/aromatic N) is 3. The summed E-state index contributed by atoms with van der Waals surface area (Å²) in [6, 6.07) is 15.5. The SMILES string of the molecule is CN1CCN(c2ccc(C(=O)Nc3n[nH]c4ccc(OCc5cccc(F)c5F)cc34)c([AsH]C3CCOCC3)c2)CC1. The van der Waals surface area contributed by atoms with Crippen molar-refractivity contribution in [1.29, 1.82) is 0 Å². The molecule has 3 heterocycles. The van der Waals surface area contributed by atoms with Crippen LogP contribution in [0.1, 0.15) is 28.8 Å². The van der Waals surface area contributed by atoms with E-state index < -0.39 is 27.4 Å². The number of ether oxygens (including phenoxy) is 2. The van der Waals surface area contributed by atoms with Crippen molar-refractivity contribution in [3.8, 4) is 5.75 Å². The summed E-state index contributed by atoms with van der Waals surface area (Å²) < 4.78 is 40.7. The number of H-pyrrole nitrogens is 1. The molecule has 2 aliphatic rings. The Balaban J connectivity index is 1.22. The van der Waals surface area contributed by atoms with Crippen LogP contribution >= 0.6 is 0 Å². The number of benzene rings is 3. The molecule has 8 nitrogen and oxygen atoms in total. The second-order valence-electron chi connectivity index (χ2n) is 10.8. The molecule has 4 aromatic rings. The zero-order valence-electron chi connectivity index (χ0n) is 23.5. The Morgan fingerprint density at radius 2 is 1.90 bits per heavy atom. The molecule has 0 spiro atoms. The number of carbonyl (C=O) groups is 1. The third-order valence-electron chi connectivity index (χ3n) is 7.89. The molecule has 42 heavy (non-hydrogen) atoms. The van der Waals surface area contributed by atoms with Gasteiger partial charge in [0.25, 0.3) is 0 Å². The number of likely N-dealkylation sites (N-methyl/N-ethyl adjacent to an activating group) is 1. The van der Waals surface area contributed by atoms with E-state index in [0.717, 1.165) is 68.2 Å². The van der Waals surface area contributed by atoms with E-state index in [2.05, 4.69) is 44.5 Å². The summed E-state index contributed by atoms with van der Waals surface area (Å²) in [4.78, 5) is 18.5. The third kappa shape index (κ3) is 6.46. The van der Waals surface area contributed by atoms with E-state index in [4.69, 9.17) is 9.47 Å². The standard InChI is InChI=1S/C31H34AsF2N5O3/c1-38-11-13-39(14-12-38)22-5-7-24(26(17-22)32-21-9-15-41-16-10-21)31(40)35-30-25-18-23(6-8-28(25)36-37-30)42-19-20-3-2-4-27(33)29(20)34/h2-8,17-18,21,32H,9-16,19H2,1H3,(H2,35,36,37,40). The molecule has 1 amide bonds. The number of hydrogen-bond donors (Lipinski definition) is 2. The zero-order chi connectivity index (χ0) is 29.1. The Hall–Kier alpha value is -3.46. The zero-order valence-corrected chi connectivity index (χ0v) is 25.6. The Morgan fingerprint density at radius 1 is 1.10 bits per heavy atom. The summed E-state index contributed by atoms with van der Waals surface area (Å²) in [6.45, 7) is 5.40. The molecule has 11 heteroatoms. The molecular weight excluding hydrogens is 603 g/mol. The van der Waals surface area contributed by atoms with Crippen molar-refractivity contribution < 1.29 is 23.0 Å². The molecule has 2 fully saturated rings. The van der Waals surface area contributed by atoms with Gasteiger partial charge in [0.05, 0.1) is 0 Å². The molecule has 1 unspecified atom stereocenters. The van der Waals surface area contributed by atoms with Crippen LogP contribution in [-0.2, 0) is 11.3 Å². The van der Waals surface area contributed by atoms with Crippen LogP contribution in [0.25, 0.3) is 10.9 Å². The first kappa shape index (κ1) is 28.6. The Kier molecular flexibility index (Phi) is 8.74.